The predicted octanol–water partition coefficient (Wildman–Crippen LogP) is 3.28. The first-order valence-electron chi connectivity index (χ1n) is 8.58. The van der Waals surface area contributed by atoms with Gasteiger partial charge in [-0.25, -0.2) is 8.42 Å². The van der Waals surface area contributed by atoms with Crippen molar-refractivity contribution in [2.24, 2.45) is 0 Å². The molecule has 0 amide bonds. The highest BCUT2D eigenvalue weighted by Gasteiger charge is 2.30. The number of aryl methyl sites for hydroxylation is 3. The molecule has 2 rings (SSSR count). The van der Waals surface area contributed by atoms with Crippen LogP contribution in [-0.2, 0) is 19.6 Å². The number of carbonyl (C=O) groups is 1. The highest BCUT2D eigenvalue weighted by molar-refractivity contribution is 7.93. The van der Waals surface area contributed by atoms with Crippen LogP contribution in [0.1, 0.15) is 23.6 Å². The summed E-state index contributed by atoms with van der Waals surface area (Å²) in [5, 5.41) is 11.1. The van der Waals surface area contributed by atoms with Gasteiger partial charge >= 0.3 is 5.97 Å². The van der Waals surface area contributed by atoms with Gasteiger partial charge in [0.05, 0.1) is 22.1 Å². The first-order valence-corrected chi connectivity index (χ1v) is 10.0. The molecule has 0 radical (unpaired) electrons. The largest absolute Gasteiger partial charge is 0.465 e. The molecule has 2 aromatic carbocycles. The lowest BCUT2D eigenvalue weighted by atomic mass is 10.1. The van der Waals surface area contributed by atoms with Gasteiger partial charge in [-0.2, -0.15) is 0 Å². The zero-order valence-electron chi connectivity index (χ0n) is 16.1. The fourth-order valence-electron chi connectivity index (χ4n) is 2.83. The number of anilines is 1. The number of nitro groups is 1. The molecule has 0 atom stereocenters. The molecule has 0 bridgehead atoms. The molecule has 0 spiro atoms. The maximum absolute atomic E-state index is 13.4. The van der Waals surface area contributed by atoms with Crippen LogP contribution in [0.25, 0.3) is 0 Å². The van der Waals surface area contributed by atoms with E-state index in [-0.39, 0.29) is 22.9 Å². The Hall–Kier alpha value is -2.94. The van der Waals surface area contributed by atoms with Crippen LogP contribution in [0.4, 0.5) is 11.4 Å². The normalized spacial score (nSPS) is 11.1. The van der Waals surface area contributed by atoms with Crippen LogP contribution in [0.3, 0.4) is 0 Å². The minimum absolute atomic E-state index is 0.107. The number of nitrogens with zero attached hydrogens (tertiary/aromatic N) is 2. The number of benzene rings is 2. The Labute approximate surface area is 163 Å². The van der Waals surface area contributed by atoms with Crippen LogP contribution in [0.2, 0.25) is 0 Å². The molecule has 0 heterocycles. The van der Waals surface area contributed by atoms with E-state index >= 15 is 0 Å². The van der Waals surface area contributed by atoms with Crippen molar-refractivity contribution in [2.75, 3.05) is 17.5 Å². The Kier molecular flexibility index (Phi) is 6.40. The predicted molar refractivity (Wildman–Crippen MR) is 105 cm³/mol. The highest BCUT2D eigenvalue weighted by Crippen LogP contribution is 2.29. The molecule has 0 aliphatic rings. The lowest BCUT2D eigenvalue weighted by Crippen LogP contribution is -2.37. The number of non-ortho nitro benzene ring substituents is 1. The van der Waals surface area contributed by atoms with E-state index < -0.39 is 27.5 Å². The van der Waals surface area contributed by atoms with Crippen molar-refractivity contribution in [1.82, 2.24) is 0 Å². The summed E-state index contributed by atoms with van der Waals surface area (Å²) >= 11 is 0. The van der Waals surface area contributed by atoms with Crippen molar-refractivity contribution in [2.45, 2.75) is 32.6 Å². The number of ether oxygens (including phenoxy) is 1. The smallest absolute Gasteiger partial charge is 0.326 e. The summed E-state index contributed by atoms with van der Waals surface area (Å²) in [5.74, 6) is -0.715. The van der Waals surface area contributed by atoms with Gasteiger partial charge < -0.3 is 4.74 Å². The number of hydrogen-bond donors (Lipinski definition) is 0. The molecular weight excluding hydrogens is 384 g/mol. The van der Waals surface area contributed by atoms with Crippen molar-refractivity contribution >= 4 is 27.4 Å². The van der Waals surface area contributed by atoms with E-state index in [1.165, 1.54) is 12.1 Å². The van der Waals surface area contributed by atoms with Gasteiger partial charge in [0, 0.05) is 12.1 Å². The van der Waals surface area contributed by atoms with Crippen molar-refractivity contribution in [3.8, 4) is 0 Å². The van der Waals surface area contributed by atoms with Crippen molar-refractivity contribution in [3.05, 3.63) is 63.2 Å². The van der Waals surface area contributed by atoms with Gasteiger partial charge in [-0.15, -0.1) is 0 Å². The first kappa shape index (κ1) is 21.4. The minimum atomic E-state index is -4.26. The molecule has 0 fully saturated rings. The average Bonchev–Trinajstić information content (AvgIpc) is 2.58. The van der Waals surface area contributed by atoms with E-state index in [4.69, 9.17) is 4.74 Å². The van der Waals surface area contributed by atoms with Crippen molar-refractivity contribution in [3.63, 3.8) is 0 Å². The molecule has 0 N–H and O–H groups in total. The van der Waals surface area contributed by atoms with Crippen molar-refractivity contribution in [1.29, 1.82) is 0 Å². The molecule has 150 valence electrons. The number of rotatable bonds is 7. The number of hydrogen-bond acceptors (Lipinski definition) is 6. The van der Waals surface area contributed by atoms with E-state index in [9.17, 15) is 23.3 Å². The number of nitro benzene ring substituents is 1. The summed E-state index contributed by atoms with van der Waals surface area (Å²) in [4.78, 5) is 22.3. The molecule has 0 aliphatic heterocycles. The quantitative estimate of drug-likeness (QED) is 0.397. The first-order chi connectivity index (χ1) is 13.1. The van der Waals surface area contributed by atoms with Gasteiger partial charge in [-0.1, -0.05) is 12.1 Å². The van der Waals surface area contributed by atoms with Gasteiger partial charge in [0.2, 0.25) is 0 Å². The molecule has 0 saturated carbocycles. The Balaban J connectivity index is 2.66. The summed E-state index contributed by atoms with van der Waals surface area (Å²) in [6.45, 7) is 6.35. The van der Waals surface area contributed by atoms with E-state index in [2.05, 4.69) is 0 Å². The molecule has 8 nitrogen and oxygen atoms in total. The molecule has 0 unspecified atom stereocenters. The van der Waals surface area contributed by atoms with E-state index in [0.29, 0.717) is 5.56 Å². The zero-order valence-corrected chi connectivity index (χ0v) is 16.9. The lowest BCUT2D eigenvalue weighted by Gasteiger charge is -2.25. The van der Waals surface area contributed by atoms with E-state index in [0.717, 1.165) is 21.5 Å². The van der Waals surface area contributed by atoms with Gasteiger partial charge in [-0.05, 0) is 56.5 Å². The van der Waals surface area contributed by atoms with Crippen LogP contribution >= 0.6 is 0 Å². The number of esters is 1. The standard InChI is InChI=1S/C19H22N2O6S/c1-5-27-19(22)12-20(17-9-13(2)8-14(3)10-17)28(25,26)18-11-16(21(23)24)7-6-15(18)4/h6-11H,5,12H2,1-4H3. The second kappa shape index (κ2) is 8.39. The van der Waals surface area contributed by atoms with Gasteiger partial charge in [0.25, 0.3) is 15.7 Å². The molecule has 0 aliphatic carbocycles. The molecule has 0 aromatic heterocycles. The van der Waals surface area contributed by atoms with Gasteiger partial charge in [-0.3, -0.25) is 19.2 Å². The third-order valence-corrected chi connectivity index (χ3v) is 5.94. The van der Waals surface area contributed by atoms with Crippen LogP contribution < -0.4 is 4.31 Å². The van der Waals surface area contributed by atoms with Gasteiger partial charge in [0.15, 0.2) is 0 Å². The summed E-state index contributed by atoms with van der Waals surface area (Å²) in [6, 6.07) is 8.76. The summed E-state index contributed by atoms with van der Waals surface area (Å²) < 4.78 is 32.6. The Morgan fingerprint density at radius 3 is 2.25 bits per heavy atom. The fraction of sp³-hybridized carbons (Fsp3) is 0.316. The fourth-order valence-corrected chi connectivity index (χ4v) is 4.47. The van der Waals surface area contributed by atoms with Crippen LogP contribution in [0.15, 0.2) is 41.3 Å². The third kappa shape index (κ3) is 4.66. The monoisotopic (exact) mass is 406 g/mol. The zero-order chi connectivity index (χ0) is 21.1. The molecule has 9 heteroatoms. The Bertz CT molecular complexity index is 997. The van der Waals surface area contributed by atoms with E-state index in [1.807, 2.05) is 19.9 Å². The van der Waals surface area contributed by atoms with Gasteiger partial charge in [0.1, 0.15) is 6.54 Å². The van der Waals surface area contributed by atoms with Crippen molar-refractivity contribution < 1.29 is 22.9 Å². The summed E-state index contributed by atoms with van der Waals surface area (Å²) in [5.41, 5.74) is 1.91. The Morgan fingerprint density at radius 2 is 1.71 bits per heavy atom. The van der Waals surface area contributed by atoms with Crippen LogP contribution in [0.5, 0.6) is 0 Å². The molecule has 28 heavy (non-hydrogen) atoms. The lowest BCUT2D eigenvalue weighted by molar-refractivity contribution is -0.385. The summed E-state index contributed by atoms with van der Waals surface area (Å²) in [7, 11) is -4.26. The number of sulfonamides is 1. The third-order valence-electron chi connectivity index (χ3n) is 4.02. The topological polar surface area (TPSA) is 107 Å². The maximum atomic E-state index is 13.4. The average molecular weight is 406 g/mol. The molecule has 0 saturated heterocycles. The molecular formula is C19H22N2O6S. The van der Waals surface area contributed by atoms with Crippen LogP contribution in [0, 0.1) is 30.9 Å². The second-order valence-electron chi connectivity index (χ2n) is 6.37. The maximum Gasteiger partial charge on any atom is 0.326 e. The summed E-state index contributed by atoms with van der Waals surface area (Å²) in [6.07, 6.45) is 0. The Morgan fingerprint density at radius 1 is 1.11 bits per heavy atom. The van der Waals surface area contributed by atoms with E-state index in [1.54, 1.807) is 26.0 Å². The minimum Gasteiger partial charge on any atom is -0.465 e. The van der Waals surface area contributed by atoms with Crippen LogP contribution in [-0.4, -0.2) is 32.5 Å². The number of carbonyl (C=O) groups excluding carboxylic acids is 1. The SMILES string of the molecule is CCOC(=O)CN(c1cc(C)cc(C)c1)S(=O)(=O)c1cc([N+](=O)[O-])ccc1C. The second-order valence-corrected chi connectivity index (χ2v) is 8.20. The highest BCUT2D eigenvalue weighted by atomic mass is 32.2. The molecule has 2 aromatic rings.